The highest BCUT2D eigenvalue weighted by Gasteiger charge is 2.37. The molecule has 2 fully saturated rings. The van der Waals surface area contributed by atoms with Gasteiger partial charge in [-0.3, -0.25) is 9.88 Å². The first kappa shape index (κ1) is 14.8. The average molecular weight is 292 g/mol. The number of aromatic hydroxyl groups is 1. The summed E-state index contributed by atoms with van der Waals surface area (Å²) in [5, 5.41) is 20.2. The molecule has 116 valence electrons. The minimum Gasteiger partial charge on any atom is -0.506 e. The SMILES string of the molecule is Cc1ccc(O)c(CN2CCOC[C@@H]2[C@H]2CCC[C@H]2O)n1. The Labute approximate surface area is 125 Å². The second-order valence-corrected chi connectivity index (χ2v) is 6.19. The van der Waals surface area contributed by atoms with Gasteiger partial charge in [0.05, 0.1) is 25.0 Å². The van der Waals surface area contributed by atoms with Crippen molar-refractivity contribution in [3.05, 3.63) is 23.5 Å². The van der Waals surface area contributed by atoms with E-state index < -0.39 is 0 Å². The van der Waals surface area contributed by atoms with E-state index in [2.05, 4.69) is 9.88 Å². The molecule has 21 heavy (non-hydrogen) atoms. The third-order valence-corrected chi connectivity index (χ3v) is 4.75. The van der Waals surface area contributed by atoms with Crippen LogP contribution in [0.3, 0.4) is 0 Å². The zero-order valence-electron chi connectivity index (χ0n) is 12.5. The van der Waals surface area contributed by atoms with Gasteiger partial charge >= 0.3 is 0 Å². The molecule has 0 bridgehead atoms. The van der Waals surface area contributed by atoms with Gasteiger partial charge in [0.15, 0.2) is 0 Å². The van der Waals surface area contributed by atoms with Gasteiger partial charge in [-0.1, -0.05) is 6.42 Å². The summed E-state index contributed by atoms with van der Waals surface area (Å²) in [4.78, 5) is 6.76. The van der Waals surface area contributed by atoms with Crippen molar-refractivity contribution >= 4 is 0 Å². The minimum absolute atomic E-state index is 0.220. The van der Waals surface area contributed by atoms with E-state index in [9.17, 15) is 10.2 Å². The summed E-state index contributed by atoms with van der Waals surface area (Å²) in [5.74, 6) is 0.523. The van der Waals surface area contributed by atoms with E-state index in [1.807, 2.05) is 13.0 Å². The van der Waals surface area contributed by atoms with E-state index in [1.54, 1.807) is 6.07 Å². The summed E-state index contributed by atoms with van der Waals surface area (Å²) in [6.45, 7) is 4.73. The fourth-order valence-corrected chi connectivity index (χ4v) is 3.58. The van der Waals surface area contributed by atoms with E-state index >= 15 is 0 Å². The third kappa shape index (κ3) is 3.20. The molecule has 0 unspecified atom stereocenters. The van der Waals surface area contributed by atoms with Crippen LogP contribution >= 0.6 is 0 Å². The van der Waals surface area contributed by atoms with Crippen molar-refractivity contribution in [3.63, 3.8) is 0 Å². The monoisotopic (exact) mass is 292 g/mol. The number of aromatic nitrogens is 1. The first-order valence-corrected chi connectivity index (χ1v) is 7.80. The molecule has 1 saturated carbocycles. The van der Waals surface area contributed by atoms with Crippen molar-refractivity contribution in [1.29, 1.82) is 0 Å². The predicted octanol–water partition coefficient (Wildman–Crippen LogP) is 1.46. The molecule has 5 nitrogen and oxygen atoms in total. The number of aryl methyl sites for hydroxylation is 1. The van der Waals surface area contributed by atoms with Crippen LogP contribution in [0.1, 0.15) is 30.7 Å². The number of aliphatic hydroxyl groups is 1. The van der Waals surface area contributed by atoms with Gasteiger partial charge in [0.2, 0.25) is 0 Å². The molecule has 0 aromatic carbocycles. The van der Waals surface area contributed by atoms with Gasteiger partial charge in [-0.25, -0.2) is 0 Å². The van der Waals surface area contributed by atoms with Crippen LogP contribution in [-0.2, 0) is 11.3 Å². The second kappa shape index (κ2) is 6.30. The van der Waals surface area contributed by atoms with Gasteiger partial charge in [-0.05, 0) is 31.9 Å². The average Bonchev–Trinajstić information content (AvgIpc) is 2.90. The summed E-state index contributed by atoms with van der Waals surface area (Å²) < 4.78 is 5.63. The fraction of sp³-hybridized carbons (Fsp3) is 0.688. The van der Waals surface area contributed by atoms with Crippen LogP contribution in [0.2, 0.25) is 0 Å². The standard InChI is InChI=1S/C16H24N2O3/c1-11-5-6-16(20)13(17-11)9-18-7-8-21-10-14(18)12-3-2-4-15(12)19/h5-6,12,14-15,19-20H,2-4,7-10H2,1H3/t12-,14-,15-/m1/s1. The Morgan fingerprint density at radius 3 is 3.00 bits per heavy atom. The van der Waals surface area contributed by atoms with Crippen LogP contribution in [-0.4, -0.2) is 52.0 Å². The van der Waals surface area contributed by atoms with E-state index in [0.717, 1.165) is 37.2 Å². The van der Waals surface area contributed by atoms with Crippen LogP contribution in [0.25, 0.3) is 0 Å². The summed E-state index contributed by atoms with van der Waals surface area (Å²) >= 11 is 0. The van der Waals surface area contributed by atoms with Crippen molar-refractivity contribution in [3.8, 4) is 5.75 Å². The quantitative estimate of drug-likeness (QED) is 0.883. The molecule has 0 spiro atoms. The van der Waals surface area contributed by atoms with Crippen LogP contribution in [0.5, 0.6) is 5.75 Å². The Hall–Kier alpha value is -1.17. The summed E-state index contributed by atoms with van der Waals surface area (Å²) in [6.07, 6.45) is 2.81. The molecule has 3 atom stereocenters. The highest BCUT2D eigenvalue weighted by Crippen LogP contribution is 2.33. The molecule has 3 rings (SSSR count). The van der Waals surface area contributed by atoms with E-state index in [0.29, 0.717) is 19.8 Å². The Morgan fingerprint density at radius 2 is 2.24 bits per heavy atom. The van der Waals surface area contributed by atoms with Crippen molar-refractivity contribution in [2.75, 3.05) is 19.8 Å². The lowest BCUT2D eigenvalue weighted by molar-refractivity contribution is -0.0542. The van der Waals surface area contributed by atoms with E-state index in [-0.39, 0.29) is 23.8 Å². The molecule has 2 N–H and O–H groups in total. The molecule has 1 saturated heterocycles. The highest BCUT2D eigenvalue weighted by atomic mass is 16.5. The lowest BCUT2D eigenvalue weighted by Gasteiger charge is -2.40. The van der Waals surface area contributed by atoms with Crippen LogP contribution in [0, 0.1) is 12.8 Å². The Morgan fingerprint density at radius 1 is 1.38 bits per heavy atom. The van der Waals surface area contributed by atoms with E-state index in [4.69, 9.17) is 4.74 Å². The highest BCUT2D eigenvalue weighted by molar-refractivity contribution is 5.27. The number of ether oxygens (including phenoxy) is 1. The van der Waals surface area contributed by atoms with Gasteiger partial charge in [-0.2, -0.15) is 0 Å². The lowest BCUT2D eigenvalue weighted by Crippen LogP contribution is -2.50. The maximum atomic E-state index is 10.2. The number of aliphatic hydroxyl groups excluding tert-OH is 1. The van der Waals surface area contributed by atoms with Crippen molar-refractivity contribution in [1.82, 2.24) is 9.88 Å². The molecule has 0 amide bonds. The zero-order valence-corrected chi connectivity index (χ0v) is 12.5. The number of nitrogens with zero attached hydrogens (tertiary/aromatic N) is 2. The number of pyridine rings is 1. The Balaban J connectivity index is 1.76. The smallest absolute Gasteiger partial charge is 0.138 e. The molecule has 1 aromatic heterocycles. The summed E-state index contributed by atoms with van der Waals surface area (Å²) in [5.41, 5.74) is 1.63. The summed E-state index contributed by atoms with van der Waals surface area (Å²) in [6, 6.07) is 3.74. The van der Waals surface area contributed by atoms with Gasteiger partial charge < -0.3 is 14.9 Å². The van der Waals surface area contributed by atoms with Gasteiger partial charge in [-0.15, -0.1) is 0 Å². The zero-order chi connectivity index (χ0) is 14.8. The largest absolute Gasteiger partial charge is 0.506 e. The lowest BCUT2D eigenvalue weighted by atomic mass is 9.94. The minimum atomic E-state index is -0.224. The Kier molecular flexibility index (Phi) is 4.42. The number of morpholine rings is 1. The molecule has 0 radical (unpaired) electrons. The molecule has 2 aliphatic rings. The number of hydrogen-bond acceptors (Lipinski definition) is 5. The van der Waals surface area contributed by atoms with Crippen LogP contribution < -0.4 is 0 Å². The van der Waals surface area contributed by atoms with Gasteiger partial charge in [0.1, 0.15) is 5.75 Å². The fourth-order valence-electron chi connectivity index (χ4n) is 3.58. The van der Waals surface area contributed by atoms with Crippen molar-refractivity contribution < 1.29 is 14.9 Å². The summed E-state index contributed by atoms with van der Waals surface area (Å²) in [7, 11) is 0. The maximum Gasteiger partial charge on any atom is 0.138 e. The van der Waals surface area contributed by atoms with Crippen LogP contribution in [0.15, 0.2) is 12.1 Å². The maximum absolute atomic E-state index is 10.2. The first-order valence-electron chi connectivity index (χ1n) is 7.80. The topological polar surface area (TPSA) is 65.8 Å². The molecule has 1 aliphatic heterocycles. The first-order chi connectivity index (χ1) is 10.1. The normalized spacial score (nSPS) is 30.7. The van der Waals surface area contributed by atoms with Gasteiger partial charge in [0, 0.05) is 30.7 Å². The molecule has 1 aromatic rings. The second-order valence-electron chi connectivity index (χ2n) is 6.19. The molecule has 2 heterocycles. The molecular weight excluding hydrogens is 268 g/mol. The molecule has 5 heteroatoms. The molecular formula is C16H24N2O3. The number of hydrogen-bond donors (Lipinski definition) is 2. The van der Waals surface area contributed by atoms with E-state index in [1.165, 1.54) is 0 Å². The van der Waals surface area contributed by atoms with Crippen molar-refractivity contribution in [2.45, 2.75) is 44.9 Å². The number of rotatable bonds is 3. The third-order valence-electron chi connectivity index (χ3n) is 4.75. The van der Waals surface area contributed by atoms with Crippen molar-refractivity contribution in [2.24, 2.45) is 5.92 Å². The Bertz CT molecular complexity index is 494. The van der Waals surface area contributed by atoms with Gasteiger partial charge in [0.25, 0.3) is 0 Å². The predicted molar refractivity (Wildman–Crippen MR) is 79.0 cm³/mol. The van der Waals surface area contributed by atoms with Crippen LogP contribution in [0.4, 0.5) is 0 Å². The molecule has 1 aliphatic carbocycles.